The first-order chi connectivity index (χ1) is 9.43. The van der Waals surface area contributed by atoms with Gasteiger partial charge in [-0.25, -0.2) is 0 Å². The Kier molecular flexibility index (Phi) is 4.58. The predicted molar refractivity (Wildman–Crippen MR) is 85.6 cm³/mol. The van der Waals surface area contributed by atoms with Crippen LogP contribution in [-0.2, 0) is 0 Å². The Morgan fingerprint density at radius 3 is 2.95 bits per heavy atom. The van der Waals surface area contributed by atoms with E-state index in [0.717, 1.165) is 36.8 Å². The number of aryl methyl sites for hydroxylation is 1. The van der Waals surface area contributed by atoms with Crippen molar-refractivity contribution in [3.63, 3.8) is 0 Å². The Bertz CT molecular complexity index is 502. The van der Waals surface area contributed by atoms with Crippen LogP contribution in [0.4, 0.5) is 5.69 Å². The Balaban J connectivity index is 2.24. The first-order valence-corrected chi connectivity index (χ1v) is 8.05. The van der Waals surface area contributed by atoms with Gasteiger partial charge in [0.15, 0.2) is 0 Å². The lowest BCUT2D eigenvalue weighted by Gasteiger charge is -2.37. The summed E-state index contributed by atoms with van der Waals surface area (Å²) < 4.78 is 0.129. The summed E-state index contributed by atoms with van der Waals surface area (Å²) in [5.41, 5.74) is 2.49. The topological polar surface area (TPSA) is 45.2 Å². The molecule has 1 aromatic rings. The molecule has 1 amide bonds. The number of carbonyl (C=O) groups is 1. The molecule has 0 saturated carbocycles. The smallest absolute Gasteiger partial charge is 0.257 e. The van der Waals surface area contributed by atoms with Crippen molar-refractivity contribution < 1.29 is 4.79 Å². The van der Waals surface area contributed by atoms with Gasteiger partial charge in [-0.2, -0.15) is 11.8 Å². The van der Waals surface area contributed by atoms with Crippen LogP contribution in [0.2, 0.25) is 0 Å². The molecule has 0 atom stereocenters. The molecule has 0 radical (unpaired) electrons. The molecule has 5 heteroatoms. The number of nitrogens with zero attached hydrogens (tertiary/aromatic N) is 2. The van der Waals surface area contributed by atoms with Gasteiger partial charge in [0.2, 0.25) is 0 Å². The monoisotopic (exact) mass is 293 g/mol. The minimum Gasteiger partial charge on any atom is -0.385 e. The molecule has 0 aliphatic carbocycles. The molecular formula is C15H23N3OS. The highest BCUT2D eigenvalue weighted by atomic mass is 32.2. The first kappa shape index (κ1) is 15.2. The zero-order valence-electron chi connectivity index (χ0n) is 12.7. The summed E-state index contributed by atoms with van der Waals surface area (Å²) in [5, 5.41) is 3.26. The van der Waals surface area contributed by atoms with Crippen molar-refractivity contribution in [3.05, 3.63) is 23.5 Å². The van der Waals surface area contributed by atoms with Gasteiger partial charge in [-0.15, -0.1) is 0 Å². The minimum atomic E-state index is 0.0850. The number of carbonyl (C=O) groups excluding carboxylic acids is 1. The zero-order chi connectivity index (χ0) is 14.8. The summed E-state index contributed by atoms with van der Waals surface area (Å²) in [6, 6.07) is 1.95. The van der Waals surface area contributed by atoms with Crippen LogP contribution in [0.1, 0.15) is 36.8 Å². The van der Waals surface area contributed by atoms with Crippen molar-refractivity contribution in [1.29, 1.82) is 0 Å². The van der Waals surface area contributed by atoms with Crippen molar-refractivity contribution in [2.75, 3.05) is 30.7 Å². The van der Waals surface area contributed by atoms with Crippen LogP contribution in [0.25, 0.3) is 0 Å². The molecule has 1 aliphatic heterocycles. The summed E-state index contributed by atoms with van der Waals surface area (Å²) in [5.74, 6) is 1.08. The third kappa shape index (κ3) is 3.45. The molecule has 4 nitrogen and oxygen atoms in total. The van der Waals surface area contributed by atoms with Crippen molar-refractivity contribution in [3.8, 4) is 0 Å². The lowest BCUT2D eigenvalue weighted by Crippen LogP contribution is -2.46. The number of pyridine rings is 1. The van der Waals surface area contributed by atoms with E-state index in [1.165, 1.54) is 0 Å². The van der Waals surface area contributed by atoms with Gasteiger partial charge in [-0.1, -0.05) is 0 Å². The molecule has 1 saturated heterocycles. The molecule has 2 heterocycles. The van der Waals surface area contributed by atoms with E-state index in [1.54, 1.807) is 6.20 Å². The highest BCUT2D eigenvalue weighted by molar-refractivity contribution is 8.00. The van der Waals surface area contributed by atoms with Crippen molar-refractivity contribution >= 4 is 23.4 Å². The molecule has 1 aliphatic rings. The molecule has 0 aromatic carbocycles. The van der Waals surface area contributed by atoms with Crippen LogP contribution in [0.15, 0.2) is 12.3 Å². The lowest BCUT2D eigenvalue weighted by molar-refractivity contribution is 0.0748. The number of hydrogen-bond donors (Lipinski definition) is 1. The zero-order valence-corrected chi connectivity index (χ0v) is 13.5. The average molecular weight is 293 g/mol. The fraction of sp³-hybridized carbons (Fsp3) is 0.600. The van der Waals surface area contributed by atoms with E-state index in [-0.39, 0.29) is 10.7 Å². The summed E-state index contributed by atoms with van der Waals surface area (Å²) >= 11 is 1.93. The van der Waals surface area contributed by atoms with Crippen LogP contribution in [-0.4, -0.2) is 45.9 Å². The fourth-order valence-electron chi connectivity index (χ4n) is 2.43. The third-order valence-corrected chi connectivity index (χ3v) is 4.65. The van der Waals surface area contributed by atoms with Gasteiger partial charge in [-0.3, -0.25) is 9.78 Å². The number of rotatable bonds is 3. The van der Waals surface area contributed by atoms with Crippen LogP contribution in [0, 0.1) is 6.92 Å². The Hall–Kier alpha value is -1.23. The summed E-state index contributed by atoms with van der Waals surface area (Å²) in [7, 11) is 0. The van der Waals surface area contributed by atoms with E-state index in [0.29, 0.717) is 5.56 Å². The van der Waals surface area contributed by atoms with E-state index in [1.807, 2.05) is 36.6 Å². The number of anilines is 1. The number of nitrogens with one attached hydrogen (secondary N) is 1. The quantitative estimate of drug-likeness (QED) is 0.931. The Morgan fingerprint density at radius 2 is 2.30 bits per heavy atom. The predicted octanol–water partition coefficient (Wildman–Crippen LogP) is 2.79. The summed E-state index contributed by atoms with van der Waals surface area (Å²) in [6.45, 7) is 10.7. The van der Waals surface area contributed by atoms with Crippen LogP contribution in [0.3, 0.4) is 0 Å². The molecular weight excluding hydrogens is 270 g/mol. The van der Waals surface area contributed by atoms with E-state index >= 15 is 0 Å². The van der Waals surface area contributed by atoms with Crippen molar-refractivity contribution in [2.24, 2.45) is 0 Å². The van der Waals surface area contributed by atoms with E-state index in [2.05, 4.69) is 24.1 Å². The Morgan fingerprint density at radius 1 is 1.55 bits per heavy atom. The van der Waals surface area contributed by atoms with Gasteiger partial charge >= 0.3 is 0 Å². The van der Waals surface area contributed by atoms with Gasteiger partial charge in [0.25, 0.3) is 5.91 Å². The van der Waals surface area contributed by atoms with Gasteiger partial charge in [0.05, 0.1) is 11.3 Å². The first-order valence-electron chi connectivity index (χ1n) is 7.07. The van der Waals surface area contributed by atoms with Crippen molar-refractivity contribution in [2.45, 2.75) is 32.4 Å². The summed E-state index contributed by atoms with van der Waals surface area (Å²) in [4.78, 5) is 19.0. The second-order valence-electron chi connectivity index (χ2n) is 5.74. The van der Waals surface area contributed by atoms with Gasteiger partial charge in [0.1, 0.15) is 0 Å². The standard InChI is InChI=1S/C15H23N3OS/c1-5-16-13-8-11(2)17-9-12(13)14(19)18-6-7-20-15(3,4)10-18/h8-9H,5-7,10H2,1-4H3,(H,16,17). The van der Waals surface area contributed by atoms with E-state index in [9.17, 15) is 4.79 Å². The normalized spacial score (nSPS) is 17.9. The van der Waals surface area contributed by atoms with Gasteiger partial charge in [-0.05, 0) is 33.8 Å². The molecule has 20 heavy (non-hydrogen) atoms. The SMILES string of the molecule is CCNc1cc(C)ncc1C(=O)N1CCSC(C)(C)C1. The molecule has 0 spiro atoms. The summed E-state index contributed by atoms with van der Waals surface area (Å²) in [6.07, 6.45) is 1.70. The number of hydrogen-bond acceptors (Lipinski definition) is 4. The minimum absolute atomic E-state index is 0.0850. The number of thioether (sulfide) groups is 1. The van der Waals surface area contributed by atoms with Crippen LogP contribution < -0.4 is 5.32 Å². The van der Waals surface area contributed by atoms with Crippen molar-refractivity contribution in [1.82, 2.24) is 9.88 Å². The molecule has 110 valence electrons. The molecule has 0 unspecified atom stereocenters. The highest BCUT2D eigenvalue weighted by Gasteiger charge is 2.31. The van der Waals surface area contributed by atoms with E-state index < -0.39 is 0 Å². The number of amides is 1. The second kappa shape index (κ2) is 6.04. The number of aromatic nitrogens is 1. The molecule has 1 aromatic heterocycles. The maximum absolute atomic E-state index is 12.7. The van der Waals surface area contributed by atoms with Gasteiger partial charge in [0, 0.05) is 42.0 Å². The van der Waals surface area contributed by atoms with Crippen LogP contribution in [0.5, 0.6) is 0 Å². The average Bonchev–Trinajstić information content (AvgIpc) is 2.37. The molecule has 1 fully saturated rings. The van der Waals surface area contributed by atoms with Crippen LogP contribution >= 0.6 is 11.8 Å². The maximum Gasteiger partial charge on any atom is 0.257 e. The molecule has 0 bridgehead atoms. The largest absolute Gasteiger partial charge is 0.385 e. The molecule has 1 N–H and O–H groups in total. The van der Waals surface area contributed by atoms with E-state index in [4.69, 9.17) is 0 Å². The highest BCUT2D eigenvalue weighted by Crippen LogP contribution is 2.30. The fourth-order valence-corrected chi connectivity index (χ4v) is 3.54. The second-order valence-corrected chi connectivity index (χ2v) is 7.54. The maximum atomic E-state index is 12.7. The molecule has 2 rings (SSSR count). The van der Waals surface area contributed by atoms with Gasteiger partial charge < -0.3 is 10.2 Å². The lowest BCUT2D eigenvalue weighted by atomic mass is 10.1. The Labute approximate surface area is 125 Å². The third-order valence-electron chi connectivity index (χ3n) is 3.35.